The Labute approximate surface area is 136 Å². The second-order valence-electron chi connectivity index (χ2n) is 4.83. The van der Waals surface area contributed by atoms with Crippen LogP contribution in [0.4, 0.5) is 4.79 Å². The highest BCUT2D eigenvalue weighted by atomic mass is 35.5. The minimum atomic E-state index is -0.307. The van der Waals surface area contributed by atoms with Crippen molar-refractivity contribution in [3.63, 3.8) is 0 Å². The van der Waals surface area contributed by atoms with Crippen molar-refractivity contribution in [2.75, 3.05) is 14.2 Å². The molecule has 0 saturated carbocycles. The Hall–Kier alpha value is -1.76. The molecule has 1 N–H and O–H groups in total. The summed E-state index contributed by atoms with van der Waals surface area (Å²) < 4.78 is 5.25. The van der Waals surface area contributed by atoms with Gasteiger partial charge in [-0.2, -0.15) is 0 Å². The summed E-state index contributed by atoms with van der Waals surface area (Å²) in [7, 11) is 2.92. The average Bonchev–Trinajstić information content (AvgIpc) is 2.95. The SMILES string of the molecule is CONC(=O)N1Cc2cnc3c(Cl)c(Cl)c(OC)cc3c2C1. The molecule has 3 rings (SSSR count). The van der Waals surface area contributed by atoms with Gasteiger partial charge in [-0.15, -0.1) is 0 Å². The number of urea groups is 1. The zero-order valence-corrected chi connectivity index (χ0v) is 13.5. The lowest BCUT2D eigenvalue weighted by molar-refractivity contribution is 0.0863. The van der Waals surface area contributed by atoms with E-state index in [2.05, 4.69) is 15.3 Å². The summed E-state index contributed by atoms with van der Waals surface area (Å²) in [6, 6.07) is 1.49. The van der Waals surface area contributed by atoms with E-state index >= 15 is 0 Å². The molecule has 0 spiro atoms. The predicted octanol–water partition coefficient (Wildman–Crippen LogP) is 3.14. The number of aromatic nitrogens is 1. The van der Waals surface area contributed by atoms with Gasteiger partial charge in [0, 0.05) is 24.7 Å². The standard InChI is InChI=1S/C14H13Cl2N3O3/c1-21-10-3-8-9-6-19(14(20)18-22-2)5-7(9)4-17-13(8)12(16)11(10)15/h3-4H,5-6H2,1-2H3,(H,18,20). The first-order valence-electron chi connectivity index (χ1n) is 6.47. The van der Waals surface area contributed by atoms with Gasteiger partial charge in [0.05, 0.1) is 24.8 Å². The lowest BCUT2D eigenvalue weighted by atomic mass is 10.1. The third-order valence-electron chi connectivity index (χ3n) is 3.62. The van der Waals surface area contributed by atoms with Crippen LogP contribution >= 0.6 is 23.2 Å². The number of carbonyl (C=O) groups is 1. The van der Waals surface area contributed by atoms with Gasteiger partial charge in [-0.05, 0) is 17.2 Å². The number of rotatable bonds is 2. The number of amides is 2. The van der Waals surface area contributed by atoms with Gasteiger partial charge in [-0.1, -0.05) is 23.2 Å². The van der Waals surface area contributed by atoms with E-state index in [1.165, 1.54) is 14.2 Å². The number of ether oxygens (including phenoxy) is 1. The number of hydrogen-bond donors (Lipinski definition) is 1. The minimum Gasteiger partial charge on any atom is -0.495 e. The lowest BCUT2D eigenvalue weighted by Gasteiger charge is -2.14. The Morgan fingerprint density at radius 1 is 1.32 bits per heavy atom. The van der Waals surface area contributed by atoms with E-state index in [4.69, 9.17) is 27.9 Å². The van der Waals surface area contributed by atoms with E-state index in [9.17, 15) is 4.79 Å². The highest BCUT2D eigenvalue weighted by Gasteiger charge is 2.27. The van der Waals surface area contributed by atoms with Crippen molar-refractivity contribution in [2.24, 2.45) is 0 Å². The molecule has 2 aromatic rings. The van der Waals surface area contributed by atoms with Crippen molar-refractivity contribution >= 4 is 40.1 Å². The first kappa shape index (κ1) is 15.1. The van der Waals surface area contributed by atoms with Gasteiger partial charge in [0.25, 0.3) is 0 Å². The van der Waals surface area contributed by atoms with Crippen molar-refractivity contribution in [2.45, 2.75) is 13.1 Å². The van der Waals surface area contributed by atoms with Crippen LogP contribution in [0.2, 0.25) is 10.0 Å². The fourth-order valence-corrected chi connectivity index (χ4v) is 3.03. The number of pyridine rings is 1. The molecule has 2 amide bonds. The monoisotopic (exact) mass is 341 g/mol. The van der Waals surface area contributed by atoms with Gasteiger partial charge in [-0.25, -0.2) is 10.3 Å². The van der Waals surface area contributed by atoms with Gasteiger partial charge in [0.15, 0.2) is 0 Å². The molecule has 2 heterocycles. The number of hydroxylamine groups is 1. The van der Waals surface area contributed by atoms with Crippen molar-refractivity contribution in [1.82, 2.24) is 15.4 Å². The van der Waals surface area contributed by atoms with Crippen LogP contribution in [0, 0.1) is 0 Å². The van der Waals surface area contributed by atoms with E-state index < -0.39 is 0 Å². The smallest absolute Gasteiger partial charge is 0.341 e. The molecule has 0 radical (unpaired) electrons. The maximum absolute atomic E-state index is 11.9. The topological polar surface area (TPSA) is 63.7 Å². The molecule has 6 nitrogen and oxygen atoms in total. The number of nitrogens with one attached hydrogen (secondary N) is 1. The van der Waals surface area contributed by atoms with Gasteiger partial charge in [0.2, 0.25) is 0 Å². The molecule has 0 saturated heterocycles. The van der Waals surface area contributed by atoms with Crippen LogP contribution in [0.25, 0.3) is 10.9 Å². The molecule has 0 fully saturated rings. The van der Waals surface area contributed by atoms with Crippen molar-refractivity contribution in [3.05, 3.63) is 33.4 Å². The van der Waals surface area contributed by atoms with Crippen LogP contribution in [0.5, 0.6) is 5.75 Å². The number of nitrogens with zero attached hydrogens (tertiary/aromatic N) is 2. The van der Waals surface area contributed by atoms with Crippen molar-refractivity contribution in [1.29, 1.82) is 0 Å². The zero-order valence-electron chi connectivity index (χ0n) is 11.9. The summed E-state index contributed by atoms with van der Waals surface area (Å²) in [5.74, 6) is 0.481. The summed E-state index contributed by atoms with van der Waals surface area (Å²) in [5, 5.41) is 1.51. The van der Waals surface area contributed by atoms with E-state index in [0.717, 1.165) is 16.5 Å². The third kappa shape index (κ3) is 2.33. The number of halogens is 2. The van der Waals surface area contributed by atoms with Crippen LogP contribution in [0.3, 0.4) is 0 Å². The van der Waals surface area contributed by atoms with E-state index in [0.29, 0.717) is 34.4 Å². The predicted molar refractivity (Wildman–Crippen MR) is 83.1 cm³/mol. The Bertz CT molecular complexity index is 767. The fraction of sp³-hybridized carbons (Fsp3) is 0.286. The summed E-state index contributed by atoms with van der Waals surface area (Å²) in [5.41, 5.74) is 4.84. The van der Waals surface area contributed by atoms with Crippen molar-refractivity contribution in [3.8, 4) is 5.75 Å². The Morgan fingerprint density at radius 2 is 2.09 bits per heavy atom. The number of methoxy groups -OCH3 is 1. The summed E-state index contributed by atoms with van der Waals surface area (Å²) in [6.45, 7) is 0.890. The number of hydrogen-bond acceptors (Lipinski definition) is 4. The largest absolute Gasteiger partial charge is 0.495 e. The van der Waals surface area contributed by atoms with E-state index in [-0.39, 0.29) is 6.03 Å². The second-order valence-corrected chi connectivity index (χ2v) is 5.59. The molecular formula is C14H13Cl2N3O3. The highest BCUT2D eigenvalue weighted by molar-refractivity contribution is 6.46. The maximum Gasteiger partial charge on any atom is 0.341 e. The molecule has 0 atom stereocenters. The quantitative estimate of drug-likeness (QED) is 0.852. The zero-order chi connectivity index (χ0) is 15.9. The molecule has 0 unspecified atom stereocenters. The van der Waals surface area contributed by atoms with Gasteiger partial charge < -0.3 is 9.64 Å². The average molecular weight is 342 g/mol. The highest BCUT2D eigenvalue weighted by Crippen LogP contribution is 2.40. The van der Waals surface area contributed by atoms with E-state index in [1.54, 1.807) is 17.2 Å². The Morgan fingerprint density at radius 3 is 2.77 bits per heavy atom. The van der Waals surface area contributed by atoms with Crippen LogP contribution in [-0.2, 0) is 17.9 Å². The molecular weight excluding hydrogens is 329 g/mol. The molecule has 0 aliphatic carbocycles. The van der Waals surface area contributed by atoms with Crippen LogP contribution in [0.1, 0.15) is 11.1 Å². The molecule has 1 aromatic heterocycles. The number of carbonyl (C=O) groups excluding carboxylic acids is 1. The first-order chi connectivity index (χ1) is 10.6. The molecule has 1 aliphatic rings. The van der Waals surface area contributed by atoms with Crippen LogP contribution in [0.15, 0.2) is 12.3 Å². The summed E-state index contributed by atoms with van der Waals surface area (Å²) >= 11 is 12.4. The summed E-state index contributed by atoms with van der Waals surface area (Å²) in [6.07, 6.45) is 1.71. The molecule has 1 aliphatic heterocycles. The Balaban J connectivity index is 2.10. The van der Waals surface area contributed by atoms with Gasteiger partial charge in [-0.3, -0.25) is 9.82 Å². The van der Waals surface area contributed by atoms with Crippen LogP contribution in [-0.4, -0.2) is 30.1 Å². The number of benzene rings is 1. The van der Waals surface area contributed by atoms with Crippen LogP contribution < -0.4 is 10.2 Å². The minimum absolute atomic E-state index is 0.307. The van der Waals surface area contributed by atoms with Gasteiger partial charge in [0.1, 0.15) is 10.8 Å². The number of fused-ring (bicyclic) bond motifs is 3. The molecule has 22 heavy (non-hydrogen) atoms. The van der Waals surface area contributed by atoms with E-state index in [1.807, 2.05) is 0 Å². The lowest BCUT2D eigenvalue weighted by Crippen LogP contribution is -2.35. The van der Waals surface area contributed by atoms with Gasteiger partial charge >= 0.3 is 6.03 Å². The maximum atomic E-state index is 11.9. The molecule has 1 aromatic carbocycles. The second kappa shape index (κ2) is 5.79. The summed E-state index contributed by atoms with van der Waals surface area (Å²) in [4.78, 5) is 22.5. The molecule has 0 bridgehead atoms. The Kier molecular flexibility index (Phi) is 3.99. The molecule has 8 heteroatoms. The fourth-order valence-electron chi connectivity index (χ4n) is 2.56. The normalized spacial score (nSPS) is 13.4. The third-order valence-corrected chi connectivity index (χ3v) is 4.46. The van der Waals surface area contributed by atoms with Crippen molar-refractivity contribution < 1.29 is 14.4 Å². The molecule has 116 valence electrons. The first-order valence-corrected chi connectivity index (χ1v) is 7.22.